The van der Waals surface area contributed by atoms with Gasteiger partial charge in [-0.05, 0) is 25.8 Å². The maximum Gasteiger partial charge on any atom is 0.273 e. The van der Waals surface area contributed by atoms with Crippen LogP contribution in [0.4, 0.5) is 5.69 Å². The summed E-state index contributed by atoms with van der Waals surface area (Å²) in [6.45, 7) is 7.60. The largest absolute Gasteiger partial charge is 0.339 e. The summed E-state index contributed by atoms with van der Waals surface area (Å²) < 4.78 is 0. The summed E-state index contributed by atoms with van der Waals surface area (Å²) in [5, 5.41) is 11.2. The molecule has 0 aromatic heterocycles. The summed E-state index contributed by atoms with van der Waals surface area (Å²) in [5.74, 6) is -0.0739. The van der Waals surface area contributed by atoms with E-state index in [2.05, 4.69) is 13.8 Å². The highest BCUT2D eigenvalue weighted by atomic mass is 16.6. The summed E-state index contributed by atoms with van der Waals surface area (Å²) in [4.78, 5) is 25.8. The second kappa shape index (κ2) is 15.0. The number of benzene rings is 1. The van der Waals surface area contributed by atoms with Crippen molar-refractivity contribution in [3.8, 4) is 0 Å². The molecule has 0 unspecified atom stereocenters. The second-order valence-corrected chi connectivity index (χ2v) is 8.09. The highest BCUT2D eigenvalue weighted by Gasteiger charge is 2.19. The number of unbranched alkanes of at least 4 members (excludes halogenated alkanes) is 10. The molecule has 5 heteroatoms. The molecule has 0 aliphatic heterocycles. The second-order valence-electron chi connectivity index (χ2n) is 8.09. The minimum atomic E-state index is -0.405. The molecule has 0 aliphatic rings. The maximum absolute atomic E-state index is 13.1. The molecule has 1 amide bonds. The molecule has 0 saturated heterocycles. The molecule has 0 N–H and O–H groups in total. The van der Waals surface area contributed by atoms with Crippen LogP contribution in [0.25, 0.3) is 0 Å². The third kappa shape index (κ3) is 9.91. The fraction of sp³-hybridized carbons (Fsp3) is 0.708. The zero-order valence-corrected chi connectivity index (χ0v) is 18.8. The number of nitro groups is 1. The number of hydrogen-bond acceptors (Lipinski definition) is 3. The van der Waals surface area contributed by atoms with E-state index in [4.69, 9.17) is 0 Å². The normalized spacial score (nSPS) is 10.9. The molecular weight excluding hydrogens is 364 g/mol. The van der Waals surface area contributed by atoms with Crippen molar-refractivity contribution in [3.05, 3.63) is 39.4 Å². The van der Waals surface area contributed by atoms with Gasteiger partial charge >= 0.3 is 0 Å². The van der Waals surface area contributed by atoms with Gasteiger partial charge in [0.05, 0.1) is 4.92 Å². The van der Waals surface area contributed by atoms with Gasteiger partial charge in [-0.15, -0.1) is 0 Å². The fourth-order valence-electron chi connectivity index (χ4n) is 3.60. The van der Waals surface area contributed by atoms with Crippen molar-refractivity contribution < 1.29 is 9.72 Å². The Kier molecular flexibility index (Phi) is 13.0. The molecule has 0 aliphatic carbocycles. The van der Waals surface area contributed by atoms with Gasteiger partial charge in [0.15, 0.2) is 0 Å². The van der Waals surface area contributed by atoms with Crippen LogP contribution in [0.2, 0.25) is 0 Å². The highest BCUT2D eigenvalue weighted by molar-refractivity contribution is 5.95. The average Bonchev–Trinajstić information content (AvgIpc) is 2.71. The van der Waals surface area contributed by atoms with Crippen molar-refractivity contribution in [2.24, 2.45) is 0 Å². The molecule has 0 fully saturated rings. The van der Waals surface area contributed by atoms with Crippen LogP contribution < -0.4 is 0 Å². The first kappa shape index (κ1) is 25.1. The fourth-order valence-corrected chi connectivity index (χ4v) is 3.60. The van der Waals surface area contributed by atoms with Gasteiger partial charge in [0, 0.05) is 30.3 Å². The molecule has 29 heavy (non-hydrogen) atoms. The van der Waals surface area contributed by atoms with Crippen LogP contribution in [0.5, 0.6) is 0 Å². The van der Waals surface area contributed by atoms with Crippen LogP contribution in [0.3, 0.4) is 0 Å². The Morgan fingerprint density at radius 3 is 1.83 bits per heavy atom. The lowest BCUT2D eigenvalue weighted by Crippen LogP contribution is -2.33. The predicted octanol–water partition coefficient (Wildman–Crippen LogP) is 7.07. The van der Waals surface area contributed by atoms with Crippen LogP contribution in [0.15, 0.2) is 18.2 Å². The Morgan fingerprint density at radius 1 is 0.862 bits per heavy atom. The maximum atomic E-state index is 13.1. The molecule has 0 atom stereocenters. The van der Waals surface area contributed by atoms with E-state index in [1.807, 2.05) is 4.90 Å². The minimum absolute atomic E-state index is 0.0231. The van der Waals surface area contributed by atoms with Crippen LogP contribution in [-0.2, 0) is 0 Å². The van der Waals surface area contributed by atoms with E-state index >= 15 is 0 Å². The minimum Gasteiger partial charge on any atom is -0.339 e. The topological polar surface area (TPSA) is 63.5 Å². The number of amides is 1. The molecule has 164 valence electrons. The monoisotopic (exact) mass is 404 g/mol. The molecule has 5 nitrogen and oxygen atoms in total. The molecular formula is C24H40N2O3. The quantitative estimate of drug-likeness (QED) is 0.168. The number of aryl methyl sites for hydroxylation is 1. The van der Waals surface area contributed by atoms with Crippen molar-refractivity contribution >= 4 is 11.6 Å². The van der Waals surface area contributed by atoms with Crippen LogP contribution in [0, 0.1) is 17.0 Å². The summed E-state index contributed by atoms with van der Waals surface area (Å²) in [6, 6.07) is 4.84. The van der Waals surface area contributed by atoms with Crippen LogP contribution in [-0.4, -0.2) is 28.8 Å². The lowest BCUT2D eigenvalue weighted by molar-refractivity contribution is -0.385. The SMILES string of the molecule is CCCCCCCCN(CCCCCCCC)C(=O)c1ccc(C)c([N+](=O)[O-])c1. The van der Waals surface area contributed by atoms with Crippen molar-refractivity contribution in [1.82, 2.24) is 4.90 Å². The van der Waals surface area contributed by atoms with Gasteiger partial charge < -0.3 is 4.90 Å². The molecule has 0 radical (unpaired) electrons. The predicted molar refractivity (Wildman–Crippen MR) is 120 cm³/mol. The van der Waals surface area contributed by atoms with Crippen LogP contribution >= 0.6 is 0 Å². The van der Waals surface area contributed by atoms with E-state index in [9.17, 15) is 14.9 Å². The van der Waals surface area contributed by atoms with Gasteiger partial charge in [0.2, 0.25) is 0 Å². The molecule has 0 spiro atoms. The molecule has 1 aromatic carbocycles. The third-order valence-electron chi connectivity index (χ3n) is 5.50. The Bertz CT molecular complexity index is 600. The summed E-state index contributed by atoms with van der Waals surface area (Å²) >= 11 is 0. The standard InChI is InChI=1S/C24H40N2O3/c1-4-6-8-10-12-14-18-25(19-15-13-11-9-7-5-2)24(27)22-17-16-21(3)23(20-22)26(28)29/h16-17,20H,4-15,18-19H2,1-3H3. The van der Waals surface area contributed by atoms with Crippen molar-refractivity contribution in [3.63, 3.8) is 0 Å². The first-order chi connectivity index (χ1) is 14.0. The van der Waals surface area contributed by atoms with E-state index in [1.165, 1.54) is 57.4 Å². The van der Waals surface area contributed by atoms with E-state index in [0.717, 1.165) is 38.8 Å². The van der Waals surface area contributed by atoms with Gasteiger partial charge in [-0.2, -0.15) is 0 Å². The number of carbonyl (C=O) groups is 1. The number of rotatable bonds is 16. The lowest BCUT2D eigenvalue weighted by atomic mass is 10.1. The number of nitro benzene ring substituents is 1. The van der Waals surface area contributed by atoms with Gasteiger partial charge in [-0.25, -0.2) is 0 Å². The first-order valence-corrected chi connectivity index (χ1v) is 11.6. The molecule has 1 aromatic rings. The van der Waals surface area contributed by atoms with Gasteiger partial charge in [-0.3, -0.25) is 14.9 Å². The zero-order valence-electron chi connectivity index (χ0n) is 18.8. The van der Waals surface area contributed by atoms with Gasteiger partial charge in [0.1, 0.15) is 0 Å². The Balaban J connectivity index is 2.68. The Labute approximate surface area is 177 Å². The average molecular weight is 405 g/mol. The van der Waals surface area contributed by atoms with E-state index < -0.39 is 4.92 Å². The van der Waals surface area contributed by atoms with E-state index in [1.54, 1.807) is 19.1 Å². The Morgan fingerprint density at radius 2 is 1.34 bits per heavy atom. The zero-order chi connectivity index (χ0) is 21.5. The third-order valence-corrected chi connectivity index (χ3v) is 5.50. The summed E-state index contributed by atoms with van der Waals surface area (Å²) in [6.07, 6.45) is 14.2. The van der Waals surface area contributed by atoms with Crippen molar-refractivity contribution in [2.45, 2.75) is 97.8 Å². The molecule has 1 rings (SSSR count). The van der Waals surface area contributed by atoms with Crippen LogP contribution in [0.1, 0.15) is 107 Å². The van der Waals surface area contributed by atoms with Gasteiger partial charge in [-0.1, -0.05) is 84.1 Å². The summed E-state index contributed by atoms with van der Waals surface area (Å²) in [5.41, 5.74) is 1.04. The van der Waals surface area contributed by atoms with E-state index in [0.29, 0.717) is 11.1 Å². The first-order valence-electron chi connectivity index (χ1n) is 11.6. The smallest absolute Gasteiger partial charge is 0.273 e. The van der Waals surface area contributed by atoms with Crippen molar-refractivity contribution in [1.29, 1.82) is 0 Å². The van der Waals surface area contributed by atoms with E-state index in [-0.39, 0.29) is 11.6 Å². The number of hydrogen-bond donors (Lipinski definition) is 0. The molecule has 0 heterocycles. The number of nitrogens with zero attached hydrogens (tertiary/aromatic N) is 2. The Hall–Kier alpha value is -1.91. The summed E-state index contributed by atoms with van der Waals surface area (Å²) in [7, 11) is 0. The van der Waals surface area contributed by atoms with Gasteiger partial charge in [0.25, 0.3) is 11.6 Å². The number of carbonyl (C=O) groups excluding carboxylic acids is 1. The van der Waals surface area contributed by atoms with Crippen molar-refractivity contribution in [2.75, 3.05) is 13.1 Å². The lowest BCUT2D eigenvalue weighted by Gasteiger charge is -2.23. The highest BCUT2D eigenvalue weighted by Crippen LogP contribution is 2.21. The molecule has 0 bridgehead atoms. The molecule has 0 saturated carbocycles.